The third kappa shape index (κ3) is 2.22. The van der Waals surface area contributed by atoms with Crippen LogP contribution in [0.25, 0.3) is 5.65 Å². The van der Waals surface area contributed by atoms with Crippen LogP contribution < -0.4 is 0 Å². The topological polar surface area (TPSA) is 47.3 Å². The monoisotopic (exact) mass is 289 g/mol. The molecule has 0 N–H and O–H groups in total. The molecule has 19 heavy (non-hydrogen) atoms. The number of carbonyl (C=O) groups excluding carboxylic acids is 1. The second-order valence-corrected chi connectivity index (χ2v) is 5.20. The highest BCUT2D eigenvalue weighted by Crippen LogP contribution is 2.31. The van der Waals surface area contributed by atoms with Gasteiger partial charge in [0.15, 0.2) is 17.1 Å². The highest BCUT2D eigenvalue weighted by Gasteiger charge is 2.11. The van der Waals surface area contributed by atoms with Gasteiger partial charge in [0.1, 0.15) is 0 Å². The normalized spacial score (nSPS) is 10.8. The minimum atomic E-state index is 0.439. The molecular formula is C13H8ClN3OS. The highest BCUT2D eigenvalue weighted by atomic mass is 35.5. The average molecular weight is 290 g/mol. The van der Waals surface area contributed by atoms with E-state index in [1.807, 2.05) is 34.9 Å². The molecule has 6 heteroatoms. The Labute approximate surface area is 118 Å². The molecule has 2 heterocycles. The molecule has 0 bridgehead atoms. The zero-order valence-electron chi connectivity index (χ0n) is 9.65. The first-order valence-corrected chi connectivity index (χ1v) is 6.70. The Bertz CT molecular complexity index is 756. The van der Waals surface area contributed by atoms with E-state index >= 15 is 0 Å². The van der Waals surface area contributed by atoms with Crippen molar-refractivity contribution in [2.75, 3.05) is 0 Å². The number of rotatable bonds is 3. The molecule has 0 spiro atoms. The van der Waals surface area contributed by atoms with Crippen molar-refractivity contribution in [2.24, 2.45) is 0 Å². The Morgan fingerprint density at radius 1 is 1.16 bits per heavy atom. The van der Waals surface area contributed by atoms with Crippen LogP contribution in [-0.4, -0.2) is 20.9 Å². The number of aromatic nitrogens is 3. The maximum atomic E-state index is 11.1. The predicted molar refractivity (Wildman–Crippen MR) is 73.9 cm³/mol. The summed E-state index contributed by atoms with van der Waals surface area (Å²) < 4.78 is 1.86. The quantitative estimate of drug-likeness (QED) is 0.694. The van der Waals surface area contributed by atoms with Gasteiger partial charge in [-0.05, 0) is 36.0 Å². The van der Waals surface area contributed by atoms with Crippen LogP contribution in [0.5, 0.6) is 0 Å². The fourth-order valence-corrected chi connectivity index (χ4v) is 2.93. The Morgan fingerprint density at radius 3 is 2.89 bits per heavy atom. The van der Waals surface area contributed by atoms with Crippen molar-refractivity contribution in [1.82, 2.24) is 14.6 Å². The maximum absolute atomic E-state index is 11.1. The maximum Gasteiger partial charge on any atom is 0.200 e. The van der Waals surface area contributed by atoms with Gasteiger partial charge in [-0.3, -0.25) is 9.20 Å². The molecule has 0 amide bonds. The van der Waals surface area contributed by atoms with Crippen molar-refractivity contribution in [3.05, 3.63) is 53.2 Å². The summed E-state index contributed by atoms with van der Waals surface area (Å²) in [6.07, 6.45) is 2.64. The van der Waals surface area contributed by atoms with E-state index in [0.717, 1.165) is 16.8 Å². The number of carbonyl (C=O) groups is 1. The number of halogens is 1. The van der Waals surface area contributed by atoms with Gasteiger partial charge in [0.25, 0.3) is 0 Å². The van der Waals surface area contributed by atoms with E-state index in [4.69, 9.17) is 11.6 Å². The first-order chi connectivity index (χ1) is 9.29. The number of benzene rings is 1. The van der Waals surface area contributed by atoms with Gasteiger partial charge in [0, 0.05) is 16.7 Å². The summed E-state index contributed by atoms with van der Waals surface area (Å²) in [5.74, 6) is 0. The average Bonchev–Trinajstić information content (AvgIpc) is 2.83. The van der Waals surface area contributed by atoms with E-state index in [0.29, 0.717) is 15.7 Å². The second kappa shape index (κ2) is 5.03. The lowest BCUT2D eigenvalue weighted by Crippen LogP contribution is -1.90. The molecule has 3 rings (SSSR count). The van der Waals surface area contributed by atoms with Crippen LogP contribution in [0.2, 0.25) is 5.02 Å². The number of pyridine rings is 1. The third-order valence-corrected chi connectivity index (χ3v) is 3.98. The SMILES string of the molecule is O=Cc1c(Cl)cccc1Sc1nnc2ccccn12. The van der Waals surface area contributed by atoms with Crippen molar-refractivity contribution < 1.29 is 4.79 Å². The van der Waals surface area contributed by atoms with Crippen LogP contribution in [-0.2, 0) is 0 Å². The number of fused-ring (bicyclic) bond motifs is 1. The van der Waals surface area contributed by atoms with Gasteiger partial charge in [-0.2, -0.15) is 0 Å². The largest absolute Gasteiger partial charge is 0.298 e. The van der Waals surface area contributed by atoms with Crippen LogP contribution in [0.4, 0.5) is 0 Å². The molecule has 0 aliphatic rings. The lowest BCUT2D eigenvalue weighted by molar-refractivity contribution is 0.112. The minimum absolute atomic E-state index is 0.439. The van der Waals surface area contributed by atoms with Crippen LogP contribution in [0.1, 0.15) is 10.4 Å². The summed E-state index contributed by atoms with van der Waals surface area (Å²) in [6.45, 7) is 0. The molecule has 0 radical (unpaired) electrons. The number of hydrogen-bond donors (Lipinski definition) is 0. The Hall–Kier alpha value is -1.85. The van der Waals surface area contributed by atoms with Gasteiger partial charge in [0.05, 0.1) is 5.02 Å². The third-order valence-electron chi connectivity index (χ3n) is 2.61. The molecule has 0 saturated carbocycles. The van der Waals surface area contributed by atoms with Crippen LogP contribution >= 0.6 is 23.4 Å². The summed E-state index contributed by atoms with van der Waals surface area (Å²) in [6, 6.07) is 11.0. The van der Waals surface area contributed by atoms with E-state index in [1.165, 1.54) is 11.8 Å². The van der Waals surface area contributed by atoms with Crippen LogP contribution in [0.3, 0.4) is 0 Å². The Balaban J connectivity index is 2.06. The molecule has 94 valence electrons. The van der Waals surface area contributed by atoms with E-state index in [1.54, 1.807) is 12.1 Å². The zero-order valence-corrected chi connectivity index (χ0v) is 11.2. The van der Waals surface area contributed by atoms with E-state index in [9.17, 15) is 4.79 Å². The van der Waals surface area contributed by atoms with Crippen LogP contribution in [0.15, 0.2) is 52.6 Å². The fraction of sp³-hybridized carbons (Fsp3) is 0. The van der Waals surface area contributed by atoms with Gasteiger partial charge < -0.3 is 0 Å². The van der Waals surface area contributed by atoms with E-state index in [2.05, 4.69) is 10.2 Å². The summed E-state index contributed by atoms with van der Waals surface area (Å²) >= 11 is 7.36. The fourth-order valence-electron chi connectivity index (χ4n) is 1.71. The van der Waals surface area contributed by atoms with Gasteiger partial charge in [-0.1, -0.05) is 23.7 Å². The molecule has 0 aliphatic carbocycles. The van der Waals surface area contributed by atoms with Gasteiger partial charge in [-0.25, -0.2) is 0 Å². The van der Waals surface area contributed by atoms with Crippen LogP contribution in [0, 0.1) is 0 Å². The minimum Gasteiger partial charge on any atom is -0.298 e. The molecular weight excluding hydrogens is 282 g/mol. The lowest BCUT2D eigenvalue weighted by Gasteiger charge is -2.04. The Kier molecular flexibility index (Phi) is 3.23. The van der Waals surface area contributed by atoms with Crippen molar-refractivity contribution in [3.8, 4) is 0 Å². The van der Waals surface area contributed by atoms with E-state index < -0.39 is 0 Å². The molecule has 4 nitrogen and oxygen atoms in total. The summed E-state index contributed by atoms with van der Waals surface area (Å²) in [7, 11) is 0. The van der Waals surface area contributed by atoms with Gasteiger partial charge >= 0.3 is 0 Å². The van der Waals surface area contributed by atoms with Crippen molar-refractivity contribution in [3.63, 3.8) is 0 Å². The summed E-state index contributed by atoms with van der Waals surface area (Å²) in [4.78, 5) is 11.9. The van der Waals surface area contributed by atoms with Crippen molar-refractivity contribution in [1.29, 1.82) is 0 Å². The molecule has 1 aromatic carbocycles. The number of aldehydes is 1. The highest BCUT2D eigenvalue weighted by molar-refractivity contribution is 7.99. The zero-order chi connectivity index (χ0) is 13.2. The molecule has 0 unspecified atom stereocenters. The molecule has 3 aromatic rings. The molecule has 0 fully saturated rings. The molecule has 0 aliphatic heterocycles. The summed E-state index contributed by atoms with van der Waals surface area (Å²) in [5, 5.41) is 9.31. The smallest absolute Gasteiger partial charge is 0.200 e. The van der Waals surface area contributed by atoms with E-state index in [-0.39, 0.29) is 0 Å². The first-order valence-electron chi connectivity index (χ1n) is 5.51. The number of hydrogen-bond acceptors (Lipinski definition) is 4. The van der Waals surface area contributed by atoms with Crippen molar-refractivity contribution >= 4 is 35.3 Å². The molecule has 0 atom stereocenters. The lowest BCUT2D eigenvalue weighted by atomic mass is 10.2. The second-order valence-electron chi connectivity index (χ2n) is 3.78. The Morgan fingerprint density at radius 2 is 2.05 bits per heavy atom. The standard InChI is InChI=1S/C13H8ClN3OS/c14-10-4-3-5-11(9(10)8-18)19-13-16-15-12-6-1-2-7-17(12)13/h1-8H. The predicted octanol–water partition coefficient (Wildman–Crippen LogP) is 3.35. The van der Waals surface area contributed by atoms with Gasteiger partial charge in [0.2, 0.25) is 0 Å². The molecule has 2 aromatic heterocycles. The summed E-state index contributed by atoms with van der Waals surface area (Å²) in [5.41, 5.74) is 1.24. The van der Waals surface area contributed by atoms with Gasteiger partial charge in [-0.15, -0.1) is 10.2 Å². The van der Waals surface area contributed by atoms with Crippen molar-refractivity contribution in [2.45, 2.75) is 10.1 Å². The number of nitrogens with zero attached hydrogens (tertiary/aromatic N) is 3. The first kappa shape index (κ1) is 12.2. The molecule has 0 saturated heterocycles.